The molecule has 0 spiro atoms. The molecule has 1 aromatic heterocycles. The molecule has 0 atom stereocenters. The van der Waals surface area contributed by atoms with Gasteiger partial charge in [-0.3, -0.25) is 4.98 Å². The minimum Gasteiger partial charge on any atom is -0.388 e. The summed E-state index contributed by atoms with van der Waals surface area (Å²) in [5, 5.41) is 0. The Balaban J connectivity index is 1.91. The predicted molar refractivity (Wildman–Crippen MR) is 77.3 cm³/mol. The number of nitrogens with one attached hydrogen (secondary N) is 1. The third-order valence-electron chi connectivity index (χ3n) is 3.08. The van der Waals surface area contributed by atoms with Crippen LogP contribution in [0.15, 0.2) is 23.2 Å². The highest BCUT2D eigenvalue weighted by Gasteiger charge is 2.21. The molecule has 0 aromatic carbocycles. The van der Waals surface area contributed by atoms with Crippen molar-refractivity contribution in [2.75, 3.05) is 6.54 Å². The van der Waals surface area contributed by atoms with Crippen LogP contribution in [-0.4, -0.2) is 24.9 Å². The molecule has 19 heavy (non-hydrogen) atoms. The molecule has 0 saturated heterocycles. The van der Waals surface area contributed by atoms with Crippen LogP contribution < -0.4 is 10.5 Å². The van der Waals surface area contributed by atoms with Crippen LogP contribution in [-0.2, 0) is 10.0 Å². The molecule has 1 aliphatic rings. The fraction of sp³-hybridized carbons (Fsp3) is 0.500. The number of nitrogens with two attached hydrogens (primary N) is 1. The Morgan fingerprint density at radius 1 is 1.47 bits per heavy atom. The first kappa shape index (κ1) is 14.4. The van der Waals surface area contributed by atoms with Crippen LogP contribution in [0.25, 0.3) is 0 Å². The van der Waals surface area contributed by atoms with Gasteiger partial charge in [-0.25, -0.2) is 13.1 Å². The summed E-state index contributed by atoms with van der Waals surface area (Å²) in [5.74, 6) is 0.816. The van der Waals surface area contributed by atoms with Crippen LogP contribution in [0.2, 0.25) is 0 Å². The quantitative estimate of drug-likeness (QED) is 0.583. The molecule has 3 N–H and O–H groups in total. The lowest BCUT2D eigenvalue weighted by Gasteiger charge is -2.06. The zero-order chi connectivity index (χ0) is 13.9. The third kappa shape index (κ3) is 4.22. The van der Waals surface area contributed by atoms with E-state index in [-0.39, 0.29) is 9.88 Å². The molecule has 1 aromatic rings. The van der Waals surface area contributed by atoms with Crippen molar-refractivity contribution in [2.24, 2.45) is 11.7 Å². The smallest absolute Gasteiger partial charge is 0.242 e. The Morgan fingerprint density at radius 2 is 2.21 bits per heavy atom. The molecule has 5 nitrogen and oxygen atoms in total. The first-order valence-corrected chi connectivity index (χ1v) is 8.14. The normalized spacial score (nSPS) is 15.4. The van der Waals surface area contributed by atoms with Gasteiger partial charge in [-0.1, -0.05) is 25.1 Å². The second kappa shape index (κ2) is 5.94. The summed E-state index contributed by atoms with van der Waals surface area (Å²) in [4.78, 5) is 4.22. The first-order valence-electron chi connectivity index (χ1n) is 6.24. The monoisotopic (exact) mass is 299 g/mol. The van der Waals surface area contributed by atoms with E-state index in [1.165, 1.54) is 31.2 Å². The average molecular weight is 299 g/mol. The number of thiocarbonyl (C=S) groups is 1. The Labute approximate surface area is 118 Å². The van der Waals surface area contributed by atoms with Crippen LogP contribution >= 0.6 is 12.2 Å². The van der Waals surface area contributed by atoms with Crippen LogP contribution in [0.3, 0.4) is 0 Å². The molecule has 0 radical (unpaired) electrons. The fourth-order valence-electron chi connectivity index (χ4n) is 1.77. The van der Waals surface area contributed by atoms with E-state index in [0.29, 0.717) is 12.2 Å². The fourth-order valence-corrected chi connectivity index (χ4v) is 2.91. The van der Waals surface area contributed by atoms with E-state index in [1.54, 1.807) is 0 Å². The molecule has 7 heteroatoms. The summed E-state index contributed by atoms with van der Waals surface area (Å²) in [7, 11) is -3.48. The van der Waals surface area contributed by atoms with Crippen LogP contribution in [0.5, 0.6) is 0 Å². The lowest BCUT2D eigenvalue weighted by Crippen LogP contribution is -2.25. The van der Waals surface area contributed by atoms with Crippen molar-refractivity contribution in [2.45, 2.75) is 30.6 Å². The van der Waals surface area contributed by atoms with E-state index in [4.69, 9.17) is 18.0 Å². The minimum absolute atomic E-state index is 0.138. The number of nitrogens with zero attached hydrogens (tertiary/aromatic N) is 1. The molecule has 104 valence electrons. The molecule has 1 saturated carbocycles. The molecule has 1 heterocycles. The summed E-state index contributed by atoms with van der Waals surface area (Å²) in [5.41, 5.74) is 5.83. The summed E-state index contributed by atoms with van der Waals surface area (Å²) in [6.45, 7) is 0.468. The lowest BCUT2D eigenvalue weighted by molar-refractivity contribution is 0.572. The molecule has 2 rings (SSSR count). The van der Waals surface area contributed by atoms with Crippen LogP contribution in [0, 0.1) is 5.92 Å². The Hall–Kier alpha value is -1.05. The molecule has 0 amide bonds. The van der Waals surface area contributed by atoms with Gasteiger partial charge in [0, 0.05) is 12.7 Å². The van der Waals surface area contributed by atoms with E-state index >= 15 is 0 Å². The SMILES string of the molecule is NC(=S)c1ccc(S(=O)(=O)NCCCC2CC2)cn1. The average Bonchev–Trinajstić information content (AvgIpc) is 3.19. The van der Waals surface area contributed by atoms with Gasteiger partial charge < -0.3 is 5.73 Å². The van der Waals surface area contributed by atoms with Gasteiger partial charge in [0.15, 0.2) is 0 Å². The van der Waals surface area contributed by atoms with E-state index in [1.807, 2.05) is 0 Å². The van der Waals surface area contributed by atoms with Gasteiger partial charge in [-0.15, -0.1) is 0 Å². The van der Waals surface area contributed by atoms with Gasteiger partial charge >= 0.3 is 0 Å². The van der Waals surface area contributed by atoms with E-state index < -0.39 is 10.0 Å². The molecular weight excluding hydrogens is 282 g/mol. The number of hydrogen-bond acceptors (Lipinski definition) is 4. The predicted octanol–water partition coefficient (Wildman–Crippen LogP) is 1.18. The second-order valence-electron chi connectivity index (χ2n) is 4.73. The van der Waals surface area contributed by atoms with Crippen molar-refractivity contribution in [1.29, 1.82) is 0 Å². The van der Waals surface area contributed by atoms with Crippen LogP contribution in [0.1, 0.15) is 31.4 Å². The Kier molecular flexibility index (Phi) is 4.49. The number of sulfonamides is 1. The van der Waals surface area contributed by atoms with Crippen molar-refractivity contribution in [3.8, 4) is 0 Å². The number of aromatic nitrogens is 1. The standard InChI is InChI=1S/C12H17N3O2S2/c13-12(18)11-6-5-10(8-14-11)19(16,17)15-7-1-2-9-3-4-9/h5-6,8-9,15H,1-4,7H2,(H2,13,18). The second-order valence-corrected chi connectivity index (χ2v) is 6.93. The van der Waals surface area contributed by atoms with Crippen molar-refractivity contribution in [3.05, 3.63) is 24.0 Å². The largest absolute Gasteiger partial charge is 0.388 e. The Bertz CT molecular complexity index is 551. The van der Waals surface area contributed by atoms with E-state index in [0.717, 1.165) is 18.8 Å². The van der Waals surface area contributed by atoms with Crippen molar-refractivity contribution < 1.29 is 8.42 Å². The maximum atomic E-state index is 12.0. The minimum atomic E-state index is -3.48. The van der Waals surface area contributed by atoms with Gasteiger partial charge in [0.25, 0.3) is 0 Å². The van der Waals surface area contributed by atoms with Gasteiger partial charge in [-0.05, 0) is 30.9 Å². The molecule has 0 unspecified atom stereocenters. The van der Waals surface area contributed by atoms with Gasteiger partial charge in [-0.2, -0.15) is 0 Å². The molecule has 0 aliphatic heterocycles. The number of hydrogen-bond donors (Lipinski definition) is 2. The van der Waals surface area contributed by atoms with Crippen molar-refractivity contribution in [1.82, 2.24) is 9.71 Å². The summed E-state index contributed by atoms with van der Waals surface area (Å²) >= 11 is 4.76. The highest BCUT2D eigenvalue weighted by molar-refractivity contribution is 7.89. The van der Waals surface area contributed by atoms with Gasteiger partial charge in [0.1, 0.15) is 9.88 Å². The zero-order valence-corrected chi connectivity index (χ0v) is 12.1. The van der Waals surface area contributed by atoms with Gasteiger partial charge in [0.05, 0.1) is 5.69 Å². The van der Waals surface area contributed by atoms with Crippen LogP contribution in [0.4, 0.5) is 0 Å². The highest BCUT2D eigenvalue weighted by Crippen LogP contribution is 2.33. The lowest BCUT2D eigenvalue weighted by atomic mass is 10.2. The summed E-state index contributed by atoms with van der Waals surface area (Å²) in [6.07, 6.45) is 5.83. The maximum Gasteiger partial charge on any atom is 0.242 e. The number of rotatable bonds is 7. The van der Waals surface area contributed by atoms with Crippen molar-refractivity contribution >= 4 is 27.2 Å². The van der Waals surface area contributed by atoms with Crippen molar-refractivity contribution in [3.63, 3.8) is 0 Å². The molecule has 1 fully saturated rings. The molecular formula is C12H17N3O2S2. The van der Waals surface area contributed by atoms with E-state index in [9.17, 15) is 8.42 Å². The highest BCUT2D eigenvalue weighted by atomic mass is 32.2. The van der Waals surface area contributed by atoms with Gasteiger partial charge in [0.2, 0.25) is 10.0 Å². The molecule has 1 aliphatic carbocycles. The topological polar surface area (TPSA) is 85.1 Å². The first-order chi connectivity index (χ1) is 8.99. The zero-order valence-electron chi connectivity index (χ0n) is 10.5. The number of pyridine rings is 1. The summed E-state index contributed by atoms with van der Waals surface area (Å²) in [6, 6.07) is 2.98. The maximum absolute atomic E-state index is 12.0. The molecule has 0 bridgehead atoms. The summed E-state index contributed by atoms with van der Waals surface area (Å²) < 4.78 is 26.5. The van der Waals surface area contributed by atoms with E-state index in [2.05, 4.69) is 9.71 Å². The Morgan fingerprint density at radius 3 is 2.74 bits per heavy atom. The third-order valence-corrected chi connectivity index (χ3v) is 4.73.